The Morgan fingerprint density at radius 2 is 2.14 bits per heavy atom. The van der Waals surface area contributed by atoms with Crippen LogP contribution in [-0.2, 0) is 0 Å². The van der Waals surface area contributed by atoms with E-state index in [0.29, 0.717) is 0 Å². The molecule has 0 saturated carbocycles. The second kappa shape index (κ2) is 2.35. The Hall–Kier alpha value is -0.840. The maximum absolute atomic E-state index is 8.03. The molecule has 0 aromatic rings. The van der Waals surface area contributed by atoms with Crippen LogP contribution in [0.5, 0.6) is 0 Å². The highest BCUT2D eigenvalue weighted by Crippen LogP contribution is 1.90. The van der Waals surface area contributed by atoms with Crippen molar-refractivity contribution in [1.82, 2.24) is 0 Å². The van der Waals surface area contributed by atoms with Gasteiger partial charge in [-0.15, -0.1) is 0 Å². The maximum atomic E-state index is 8.03. The molecule has 0 unspecified atom stereocenters. The van der Waals surface area contributed by atoms with Gasteiger partial charge in [0.1, 0.15) is 11.8 Å². The number of nitriles is 1. The first-order chi connectivity index (χ1) is 3.18. The highest BCUT2D eigenvalue weighted by atomic mass is 14.4. The standard InChI is InChI=1S/C5H8N2/c1-4(2)5(7)3-6/h4,7H,1-2H3. The van der Waals surface area contributed by atoms with Gasteiger partial charge in [-0.1, -0.05) is 13.8 Å². The zero-order valence-corrected chi connectivity index (χ0v) is 4.52. The molecule has 1 N–H and O–H groups in total. The monoisotopic (exact) mass is 96.1 g/mol. The molecule has 0 aromatic heterocycles. The summed E-state index contributed by atoms with van der Waals surface area (Å²) in [6.07, 6.45) is 0. The normalized spacial score (nSPS) is 8.29. The van der Waals surface area contributed by atoms with Gasteiger partial charge in [0.15, 0.2) is 0 Å². The molecule has 0 aliphatic heterocycles. The summed E-state index contributed by atoms with van der Waals surface area (Å²) in [7, 11) is 0. The van der Waals surface area contributed by atoms with Crippen LogP contribution in [0.2, 0.25) is 0 Å². The Morgan fingerprint density at radius 3 is 2.14 bits per heavy atom. The fraction of sp³-hybridized carbons (Fsp3) is 0.600. The molecule has 2 nitrogen and oxygen atoms in total. The van der Waals surface area contributed by atoms with Crippen molar-refractivity contribution < 1.29 is 0 Å². The summed E-state index contributed by atoms with van der Waals surface area (Å²) in [4.78, 5) is 0. The second-order valence-corrected chi connectivity index (χ2v) is 1.68. The van der Waals surface area contributed by atoms with Gasteiger partial charge in [0.05, 0.1) is 0 Å². The Morgan fingerprint density at radius 1 is 1.71 bits per heavy atom. The molecule has 0 radical (unpaired) electrons. The number of hydrogen-bond donors (Lipinski definition) is 1. The van der Waals surface area contributed by atoms with Crippen LogP contribution in [0, 0.1) is 22.7 Å². The predicted molar refractivity (Wildman–Crippen MR) is 28.2 cm³/mol. The van der Waals surface area contributed by atoms with Crippen LogP contribution < -0.4 is 0 Å². The Bertz CT molecular complexity index is 108. The van der Waals surface area contributed by atoms with Gasteiger partial charge in [0, 0.05) is 5.92 Å². The first kappa shape index (κ1) is 6.16. The van der Waals surface area contributed by atoms with Gasteiger partial charge in [0.2, 0.25) is 0 Å². The first-order valence-electron chi connectivity index (χ1n) is 2.17. The highest BCUT2D eigenvalue weighted by molar-refractivity contribution is 5.97. The van der Waals surface area contributed by atoms with E-state index >= 15 is 0 Å². The van der Waals surface area contributed by atoms with Gasteiger partial charge in [-0.3, -0.25) is 5.41 Å². The van der Waals surface area contributed by atoms with Crippen molar-refractivity contribution in [2.45, 2.75) is 13.8 Å². The van der Waals surface area contributed by atoms with Crippen molar-refractivity contribution in [3.8, 4) is 6.07 Å². The summed E-state index contributed by atoms with van der Waals surface area (Å²) in [5.41, 5.74) is 0.153. The van der Waals surface area contributed by atoms with E-state index in [1.165, 1.54) is 0 Å². The van der Waals surface area contributed by atoms with Crippen molar-refractivity contribution in [3.05, 3.63) is 0 Å². The molecule has 38 valence electrons. The molecule has 2 heteroatoms. The van der Waals surface area contributed by atoms with Crippen LogP contribution in [0.4, 0.5) is 0 Å². The van der Waals surface area contributed by atoms with Gasteiger partial charge in [-0.25, -0.2) is 0 Å². The molecule has 0 aromatic carbocycles. The molecule has 0 spiro atoms. The highest BCUT2D eigenvalue weighted by Gasteiger charge is 1.96. The number of hydrogen-bond acceptors (Lipinski definition) is 2. The minimum absolute atomic E-state index is 0.0880. The quantitative estimate of drug-likeness (QED) is 0.489. The molecular weight excluding hydrogens is 88.1 g/mol. The van der Waals surface area contributed by atoms with E-state index in [9.17, 15) is 0 Å². The Kier molecular flexibility index (Phi) is 2.07. The number of rotatable bonds is 1. The lowest BCUT2D eigenvalue weighted by atomic mass is 10.1. The third kappa shape index (κ3) is 1.94. The fourth-order valence-corrected chi connectivity index (χ4v) is 0.129. The Labute approximate surface area is 43.3 Å². The summed E-state index contributed by atoms with van der Waals surface area (Å²) >= 11 is 0. The molecular formula is C5H8N2. The van der Waals surface area contributed by atoms with E-state index < -0.39 is 0 Å². The number of nitrogens with one attached hydrogen (secondary N) is 1. The van der Waals surface area contributed by atoms with E-state index in [2.05, 4.69) is 0 Å². The van der Waals surface area contributed by atoms with Gasteiger partial charge < -0.3 is 0 Å². The molecule has 7 heavy (non-hydrogen) atoms. The van der Waals surface area contributed by atoms with Crippen LogP contribution >= 0.6 is 0 Å². The smallest absolute Gasteiger partial charge is 0.114 e. The minimum atomic E-state index is 0.0880. The molecule has 0 atom stereocenters. The third-order valence-corrected chi connectivity index (χ3v) is 0.698. The van der Waals surface area contributed by atoms with E-state index in [0.717, 1.165) is 0 Å². The summed E-state index contributed by atoms with van der Waals surface area (Å²) in [5, 5.41) is 14.9. The van der Waals surface area contributed by atoms with E-state index in [1.807, 2.05) is 13.8 Å². The minimum Gasteiger partial charge on any atom is -0.294 e. The SMILES string of the molecule is CC(C)C(=N)C#N. The molecule has 0 aliphatic rings. The summed E-state index contributed by atoms with van der Waals surface area (Å²) < 4.78 is 0. The van der Waals surface area contributed by atoms with E-state index in [-0.39, 0.29) is 11.6 Å². The largest absolute Gasteiger partial charge is 0.294 e. The second-order valence-electron chi connectivity index (χ2n) is 1.68. The average Bonchev–Trinajstić information content (AvgIpc) is 1.65. The maximum Gasteiger partial charge on any atom is 0.114 e. The summed E-state index contributed by atoms with van der Waals surface area (Å²) in [6.45, 7) is 3.65. The van der Waals surface area contributed by atoms with Gasteiger partial charge in [0.25, 0.3) is 0 Å². The lowest BCUT2D eigenvalue weighted by Crippen LogP contribution is -2.00. The number of nitrogens with zero attached hydrogens (tertiary/aromatic N) is 1. The fourth-order valence-electron chi connectivity index (χ4n) is 0.129. The van der Waals surface area contributed by atoms with Crippen molar-refractivity contribution in [3.63, 3.8) is 0 Å². The van der Waals surface area contributed by atoms with Crippen molar-refractivity contribution in [2.75, 3.05) is 0 Å². The molecule has 0 bridgehead atoms. The van der Waals surface area contributed by atoms with E-state index in [1.54, 1.807) is 6.07 Å². The predicted octanol–water partition coefficient (Wildman–Crippen LogP) is 1.19. The third-order valence-electron chi connectivity index (χ3n) is 0.698. The van der Waals surface area contributed by atoms with Gasteiger partial charge in [-0.05, 0) is 0 Å². The molecule has 0 aliphatic carbocycles. The Balaban J connectivity index is 3.64. The molecule has 0 rings (SSSR count). The van der Waals surface area contributed by atoms with Crippen LogP contribution in [0.25, 0.3) is 0 Å². The summed E-state index contributed by atoms with van der Waals surface area (Å²) in [5.74, 6) is 0.0880. The van der Waals surface area contributed by atoms with Crippen LogP contribution in [0.1, 0.15) is 13.8 Å². The molecule has 0 heterocycles. The van der Waals surface area contributed by atoms with Crippen molar-refractivity contribution in [2.24, 2.45) is 5.92 Å². The van der Waals surface area contributed by atoms with Crippen LogP contribution in [0.3, 0.4) is 0 Å². The van der Waals surface area contributed by atoms with Crippen LogP contribution in [0.15, 0.2) is 0 Å². The van der Waals surface area contributed by atoms with Gasteiger partial charge >= 0.3 is 0 Å². The van der Waals surface area contributed by atoms with E-state index in [4.69, 9.17) is 10.7 Å². The van der Waals surface area contributed by atoms with Crippen molar-refractivity contribution in [1.29, 1.82) is 10.7 Å². The zero-order chi connectivity index (χ0) is 5.86. The van der Waals surface area contributed by atoms with Gasteiger partial charge in [-0.2, -0.15) is 5.26 Å². The average molecular weight is 96.1 g/mol. The summed E-state index contributed by atoms with van der Waals surface area (Å²) in [6, 6.07) is 1.75. The van der Waals surface area contributed by atoms with Crippen LogP contribution in [-0.4, -0.2) is 5.71 Å². The topological polar surface area (TPSA) is 47.6 Å². The molecule has 0 amide bonds. The van der Waals surface area contributed by atoms with Crippen molar-refractivity contribution >= 4 is 5.71 Å². The molecule has 0 fully saturated rings. The lowest BCUT2D eigenvalue weighted by Gasteiger charge is -1.92. The first-order valence-corrected chi connectivity index (χ1v) is 2.17. The zero-order valence-electron chi connectivity index (χ0n) is 4.52. The lowest BCUT2D eigenvalue weighted by molar-refractivity contribution is 0.884. The molecule has 0 saturated heterocycles.